The Morgan fingerprint density at radius 1 is 0.917 bits per heavy atom. The molecule has 5 nitrogen and oxygen atoms in total. The van der Waals surface area contributed by atoms with Crippen LogP contribution in [0.1, 0.15) is 0 Å². The molecule has 1 saturated heterocycles. The summed E-state index contributed by atoms with van der Waals surface area (Å²) in [5.41, 5.74) is 0. The SMILES string of the molecule is OC[C@H]1[C@H](O)[C@@H](O)[C@H](O)[C@H]2O[C@@H]12. The first-order valence-electron chi connectivity index (χ1n) is 3.97. The summed E-state index contributed by atoms with van der Waals surface area (Å²) in [7, 11) is 0. The van der Waals surface area contributed by atoms with Gasteiger partial charge in [0, 0.05) is 5.92 Å². The molecule has 0 unspecified atom stereocenters. The molecule has 0 bridgehead atoms. The van der Waals surface area contributed by atoms with Gasteiger partial charge in [0.25, 0.3) is 0 Å². The summed E-state index contributed by atoms with van der Waals surface area (Å²) >= 11 is 0. The molecule has 1 aliphatic heterocycles. The first-order valence-corrected chi connectivity index (χ1v) is 3.97. The highest BCUT2D eigenvalue weighted by molar-refractivity contribution is 5.07. The second-order valence-corrected chi connectivity index (χ2v) is 3.38. The summed E-state index contributed by atoms with van der Waals surface area (Å²) < 4.78 is 5.00. The highest BCUT2D eigenvalue weighted by atomic mass is 16.6. The standard InChI is InChI=1S/C7H12O5/c8-1-2-3(9)4(10)5(11)7-6(2)12-7/h2-11H,1H2/t2-,3-,4+,5-,6-,7+/m0/s1. The van der Waals surface area contributed by atoms with Gasteiger partial charge in [-0.05, 0) is 0 Å². The van der Waals surface area contributed by atoms with E-state index in [-0.39, 0.29) is 12.7 Å². The number of fused-ring (bicyclic) bond motifs is 1. The van der Waals surface area contributed by atoms with Crippen LogP contribution in [-0.4, -0.2) is 57.6 Å². The van der Waals surface area contributed by atoms with Crippen molar-refractivity contribution < 1.29 is 25.2 Å². The van der Waals surface area contributed by atoms with Crippen molar-refractivity contribution in [2.45, 2.75) is 30.5 Å². The number of hydrogen-bond acceptors (Lipinski definition) is 5. The van der Waals surface area contributed by atoms with Crippen molar-refractivity contribution in [2.75, 3.05) is 6.61 Å². The van der Waals surface area contributed by atoms with E-state index in [1.807, 2.05) is 0 Å². The molecule has 1 saturated carbocycles. The molecule has 0 aromatic rings. The van der Waals surface area contributed by atoms with Crippen LogP contribution in [0.15, 0.2) is 0 Å². The van der Waals surface area contributed by atoms with Gasteiger partial charge in [0.2, 0.25) is 0 Å². The smallest absolute Gasteiger partial charge is 0.113 e. The highest BCUT2D eigenvalue weighted by Crippen LogP contribution is 2.40. The van der Waals surface area contributed by atoms with Crippen LogP contribution in [0.25, 0.3) is 0 Å². The number of epoxide rings is 1. The first-order chi connectivity index (χ1) is 5.66. The Kier molecular flexibility index (Phi) is 1.85. The Bertz CT molecular complexity index is 185. The fraction of sp³-hybridized carbons (Fsp3) is 1.00. The highest BCUT2D eigenvalue weighted by Gasteiger charge is 2.59. The Morgan fingerprint density at radius 3 is 2.17 bits per heavy atom. The Balaban J connectivity index is 2.11. The lowest BCUT2D eigenvalue weighted by atomic mass is 9.83. The fourth-order valence-electron chi connectivity index (χ4n) is 1.81. The number of aliphatic hydroxyl groups is 4. The average molecular weight is 176 g/mol. The lowest BCUT2D eigenvalue weighted by Gasteiger charge is -2.30. The molecule has 2 aliphatic rings. The van der Waals surface area contributed by atoms with Crippen LogP contribution >= 0.6 is 0 Å². The number of hydrogen-bond donors (Lipinski definition) is 4. The van der Waals surface area contributed by atoms with Crippen molar-refractivity contribution >= 4 is 0 Å². The van der Waals surface area contributed by atoms with E-state index in [4.69, 9.17) is 9.84 Å². The van der Waals surface area contributed by atoms with Crippen molar-refractivity contribution in [3.63, 3.8) is 0 Å². The summed E-state index contributed by atoms with van der Waals surface area (Å²) in [4.78, 5) is 0. The molecule has 4 N–H and O–H groups in total. The minimum atomic E-state index is -1.20. The monoisotopic (exact) mass is 176 g/mol. The molecule has 70 valence electrons. The van der Waals surface area contributed by atoms with Crippen LogP contribution in [0.5, 0.6) is 0 Å². The maximum absolute atomic E-state index is 9.35. The van der Waals surface area contributed by atoms with E-state index in [1.165, 1.54) is 0 Å². The summed E-state index contributed by atoms with van der Waals surface area (Å²) in [5, 5.41) is 36.7. The van der Waals surface area contributed by atoms with Crippen LogP contribution < -0.4 is 0 Å². The van der Waals surface area contributed by atoms with Gasteiger partial charge in [-0.1, -0.05) is 0 Å². The third-order valence-electron chi connectivity index (χ3n) is 2.67. The summed E-state index contributed by atoms with van der Waals surface area (Å²) in [6.07, 6.45) is -4.00. The van der Waals surface area contributed by atoms with Crippen LogP contribution in [0.4, 0.5) is 0 Å². The Labute approximate surface area is 69.2 Å². The van der Waals surface area contributed by atoms with E-state index in [1.54, 1.807) is 0 Å². The van der Waals surface area contributed by atoms with Gasteiger partial charge < -0.3 is 25.2 Å². The van der Waals surface area contributed by atoms with Crippen LogP contribution in [0.3, 0.4) is 0 Å². The lowest BCUT2D eigenvalue weighted by Crippen LogP contribution is -2.52. The molecule has 5 heteroatoms. The molecular weight excluding hydrogens is 164 g/mol. The summed E-state index contributed by atoms with van der Waals surface area (Å²) in [5.74, 6) is -0.464. The molecule has 1 aliphatic carbocycles. The average Bonchev–Trinajstić information content (AvgIpc) is 2.81. The maximum Gasteiger partial charge on any atom is 0.113 e. The molecule has 2 fully saturated rings. The summed E-state index contributed by atoms with van der Waals surface area (Å²) in [6.45, 7) is -0.230. The molecular formula is C7H12O5. The third-order valence-corrected chi connectivity index (χ3v) is 2.67. The Hall–Kier alpha value is -0.200. The number of aliphatic hydroxyl groups excluding tert-OH is 4. The molecule has 0 spiro atoms. The summed E-state index contributed by atoms with van der Waals surface area (Å²) in [6, 6.07) is 0. The van der Waals surface area contributed by atoms with E-state index in [2.05, 4.69) is 0 Å². The van der Waals surface area contributed by atoms with Crippen molar-refractivity contribution in [3.8, 4) is 0 Å². The quantitative estimate of drug-likeness (QED) is 0.330. The van der Waals surface area contributed by atoms with E-state index >= 15 is 0 Å². The second-order valence-electron chi connectivity index (χ2n) is 3.38. The first kappa shape index (κ1) is 8.40. The van der Waals surface area contributed by atoms with Gasteiger partial charge >= 0.3 is 0 Å². The predicted octanol–water partition coefficient (Wildman–Crippen LogP) is -2.54. The Morgan fingerprint density at radius 2 is 1.58 bits per heavy atom. The molecule has 0 amide bonds. The normalized spacial score (nSPS) is 58.0. The molecule has 0 radical (unpaired) electrons. The van der Waals surface area contributed by atoms with Crippen LogP contribution in [0, 0.1) is 5.92 Å². The zero-order valence-corrected chi connectivity index (χ0v) is 6.37. The lowest BCUT2D eigenvalue weighted by molar-refractivity contribution is -0.105. The second kappa shape index (κ2) is 2.65. The third kappa shape index (κ3) is 0.982. The minimum absolute atomic E-state index is 0.230. The van der Waals surface area contributed by atoms with Crippen molar-refractivity contribution in [1.82, 2.24) is 0 Å². The molecule has 0 aromatic heterocycles. The van der Waals surface area contributed by atoms with Crippen LogP contribution in [0.2, 0.25) is 0 Å². The number of rotatable bonds is 1. The molecule has 2 rings (SSSR count). The van der Waals surface area contributed by atoms with E-state index < -0.39 is 30.3 Å². The van der Waals surface area contributed by atoms with E-state index in [0.717, 1.165) is 0 Å². The predicted molar refractivity (Wildman–Crippen MR) is 37.3 cm³/mol. The van der Waals surface area contributed by atoms with Gasteiger partial charge in [0.05, 0.1) is 18.8 Å². The van der Waals surface area contributed by atoms with Crippen LogP contribution in [-0.2, 0) is 4.74 Å². The van der Waals surface area contributed by atoms with Gasteiger partial charge in [0.15, 0.2) is 0 Å². The van der Waals surface area contributed by atoms with E-state index in [9.17, 15) is 15.3 Å². The van der Waals surface area contributed by atoms with Gasteiger partial charge in [-0.15, -0.1) is 0 Å². The maximum atomic E-state index is 9.35. The van der Waals surface area contributed by atoms with Gasteiger partial charge in [0.1, 0.15) is 18.3 Å². The van der Waals surface area contributed by atoms with E-state index in [0.29, 0.717) is 0 Å². The molecule has 0 aromatic carbocycles. The zero-order valence-electron chi connectivity index (χ0n) is 6.37. The largest absolute Gasteiger partial charge is 0.396 e. The minimum Gasteiger partial charge on any atom is -0.396 e. The van der Waals surface area contributed by atoms with Crippen molar-refractivity contribution in [1.29, 1.82) is 0 Å². The van der Waals surface area contributed by atoms with Gasteiger partial charge in [-0.2, -0.15) is 0 Å². The molecule has 1 heterocycles. The van der Waals surface area contributed by atoms with Gasteiger partial charge in [-0.25, -0.2) is 0 Å². The van der Waals surface area contributed by atoms with Gasteiger partial charge in [-0.3, -0.25) is 0 Å². The van der Waals surface area contributed by atoms with Crippen molar-refractivity contribution in [3.05, 3.63) is 0 Å². The molecule has 12 heavy (non-hydrogen) atoms. The fourth-order valence-corrected chi connectivity index (χ4v) is 1.81. The topological polar surface area (TPSA) is 93.5 Å². The zero-order chi connectivity index (χ0) is 8.88. The number of ether oxygens (including phenoxy) is 1. The molecule has 6 atom stereocenters. The van der Waals surface area contributed by atoms with Crippen molar-refractivity contribution in [2.24, 2.45) is 5.92 Å².